The van der Waals surface area contributed by atoms with Crippen LogP contribution in [0.3, 0.4) is 0 Å². The predicted octanol–water partition coefficient (Wildman–Crippen LogP) is 25.9. The molecule has 0 saturated heterocycles. The first kappa shape index (κ1) is 61.4. The van der Waals surface area contributed by atoms with E-state index in [0.29, 0.717) is 11.5 Å². The Hall–Kier alpha value is -13.5. The lowest BCUT2D eigenvalue weighted by atomic mass is 9.79. The molecule has 0 fully saturated rings. The minimum Gasteiger partial charge on any atom is -0.458 e. The highest BCUT2D eigenvalue weighted by molar-refractivity contribution is 6.11. The number of benzene rings is 15. The lowest BCUT2D eigenvalue weighted by molar-refractivity contribution is -0.571. The van der Waals surface area contributed by atoms with Crippen LogP contribution in [0, 0.1) is 6.33 Å². The van der Waals surface area contributed by atoms with Gasteiger partial charge >= 0.3 is 0 Å². The fraction of sp³-hybridized carbons (Fsp3) is 0.0400. The minimum absolute atomic E-state index is 0.0833. The fourth-order valence-electron chi connectivity index (χ4n) is 16.5. The largest absolute Gasteiger partial charge is 0.458 e. The van der Waals surface area contributed by atoms with Crippen molar-refractivity contribution in [2.75, 3.05) is 0 Å². The summed E-state index contributed by atoms with van der Waals surface area (Å²) in [5.74, 6) is 2.25. The lowest BCUT2D eigenvalue weighted by Crippen LogP contribution is -2.31. The summed E-state index contributed by atoms with van der Waals surface area (Å²) >= 11 is 0. The third kappa shape index (κ3) is 10.4. The molecule has 20 rings (SSSR count). The van der Waals surface area contributed by atoms with Gasteiger partial charge in [0, 0.05) is 23.0 Å². The Balaban J connectivity index is 0.796. The smallest absolute Gasteiger partial charge is 0.269 e. The molecule has 0 saturated carbocycles. The average Bonchev–Trinajstić information content (AvgIpc) is 1.72. The summed E-state index contributed by atoms with van der Waals surface area (Å²) in [4.78, 5) is 5.06. The van der Waals surface area contributed by atoms with Crippen LogP contribution in [0.5, 0.6) is 11.5 Å². The van der Waals surface area contributed by atoms with E-state index in [9.17, 15) is 0 Å². The second-order valence-corrected chi connectivity index (χ2v) is 28.7. The van der Waals surface area contributed by atoms with Gasteiger partial charge in [0.1, 0.15) is 17.3 Å². The fourth-order valence-corrected chi connectivity index (χ4v) is 16.5. The van der Waals surface area contributed by atoms with E-state index in [1.165, 1.54) is 100 Å². The monoisotopic (exact) mass is 1340 g/mol. The van der Waals surface area contributed by atoms with Gasteiger partial charge in [-0.3, -0.25) is 13.7 Å². The number of ether oxygens (including phenoxy) is 1. The molecule has 0 N–H and O–H groups in total. The van der Waals surface area contributed by atoms with Crippen LogP contribution < -0.4 is 9.30 Å². The number of pyridine rings is 1. The highest BCUT2D eigenvalue weighted by Crippen LogP contribution is 2.52. The summed E-state index contributed by atoms with van der Waals surface area (Å²) in [6, 6.07) is 129. The molecule has 0 unspecified atom stereocenters. The molecular formula is C100H68N4O. The first-order chi connectivity index (χ1) is 51.7. The van der Waals surface area contributed by atoms with Gasteiger partial charge in [-0.1, -0.05) is 294 Å². The molecule has 3 aromatic heterocycles. The standard InChI is InChI=1S/C100H68N4O/c1-100(2,3)70-54-55-101-98(60-70)104-94-52-46-66(64-24-6-4-7-25-64)56-93(94)90-51-48-73(62-96(90)104)105-72-29-22-28-71(61-72)102-63-103(95-53-47-67(59-97(95)102)65-26-8-5-9-27-65)99-74(68-44-49-88-84-38-16-14-34-80(84)76-30-10-12-32-78(76)82-36-18-20-40-86(82)91(88)57-68)42-23-43-75(99)69-45-50-89-85-39-17-15-35-81(85)77-31-11-13-33-79(77)83-37-19-21-41-87(83)92(89)58-69/h4-62H,1-3H3. The number of hydrogen-bond donors (Lipinski definition) is 0. The van der Waals surface area contributed by atoms with Gasteiger partial charge in [-0.05, 0) is 217 Å². The van der Waals surface area contributed by atoms with Crippen LogP contribution in [0.25, 0.3) is 184 Å². The summed E-state index contributed by atoms with van der Waals surface area (Å²) in [5.41, 5.74) is 35.1. The van der Waals surface area contributed by atoms with Crippen LogP contribution in [0.15, 0.2) is 358 Å². The Morgan fingerprint density at radius 1 is 0.295 bits per heavy atom. The number of imidazole rings is 1. The molecule has 18 aromatic rings. The van der Waals surface area contributed by atoms with E-state index >= 15 is 0 Å². The lowest BCUT2D eigenvalue weighted by Gasteiger charge is -2.25. The summed E-state index contributed by atoms with van der Waals surface area (Å²) in [7, 11) is 0. The van der Waals surface area contributed by atoms with E-state index < -0.39 is 0 Å². The van der Waals surface area contributed by atoms with Crippen molar-refractivity contribution in [1.82, 2.24) is 14.1 Å². The van der Waals surface area contributed by atoms with Crippen molar-refractivity contribution in [2.24, 2.45) is 0 Å². The van der Waals surface area contributed by atoms with E-state index in [0.717, 1.165) is 89.0 Å². The third-order valence-electron chi connectivity index (χ3n) is 21.6. The molecule has 2 aliphatic carbocycles. The van der Waals surface area contributed by atoms with Crippen molar-refractivity contribution < 1.29 is 9.30 Å². The number of fused-ring (bicyclic) bond motifs is 20. The summed E-state index contributed by atoms with van der Waals surface area (Å²) in [5, 5.41) is 2.26. The van der Waals surface area contributed by atoms with Crippen LogP contribution >= 0.6 is 0 Å². The zero-order valence-electron chi connectivity index (χ0n) is 58.3. The Kier molecular flexibility index (Phi) is 14.4. The summed E-state index contributed by atoms with van der Waals surface area (Å²) < 4.78 is 14.0. The number of nitrogens with zero attached hydrogens (tertiary/aromatic N) is 4. The first-order valence-corrected chi connectivity index (χ1v) is 36.1. The van der Waals surface area contributed by atoms with Gasteiger partial charge < -0.3 is 4.74 Å². The maximum Gasteiger partial charge on any atom is 0.269 e. The molecule has 2 aliphatic rings. The van der Waals surface area contributed by atoms with Gasteiger partial charge in [0.2, 0.25) is 0 Å². The van der Waals surface area contributed by atoms with Crippen LogP contribution in [-0.4, -0.2) is 14.1 Å². The highest BCUT2D eigenvalue weighted by Gasteiger charge is 2.28. The molecule has 15 aromatic carbocycles. The topological polar surface area (TPSA) is 35.9 Å². The van der Waals surface area contributed by atoms with E-state index in [2.05, 4.69) is 393 Å². The Labute approximate surface area is 610 Å². The van der Waals surface area contributed by atoms with Gasteiger partial charge in [0.15, 0.2) is 0 Å². The number of aromatic nitrogens is 4. The quantitative estimate of drug-likeness (QED) is 0.107. The zero-order valence-corrected chi connectivity index (χ0v) is 58.3. The highest BCUT2D eigenvalue weighted by atomic mass is 16.5. The molecule has 494 valence electrons. The van der Waals surface area contributed by atoms with Crippen molar-refractivity contribution in [3.63, 3.8) is 0 Å². The minimum atomic E-state index is -0.0833. The van der Waals surface area contributed by atoms with Crippen molar-refractivity contribution in [1.29, 1.82) is 0 Å². The van der Waals surface area contributed by atoms with E-state index in [1.54, 1.807) is 0 Å². The molecule has 5 nitrogen and oxygen atoms in total. The Morgan fingerprint density at radius 3 is 1.23 bits per heavy atom. The molecule has 0 bridgehead atoms. The predicted molar refractivity (Wildman–Crippen MR) is 433 cm³/mol. The van der Waals surface area contributed by atoms with Gasteiger partial charge in [0.25, 0.3) is 6.33 Å². The second-order valence-electron chi connectivity index (χ2n) is 28.7. The second kappa shape index (κ2) is 24.7. The third-order valence-corrected chi connectivity index (χ3v) is 21.6. The molecule has 5 heteroatoms. The molecule has 3 heterocycles. The van der Waals surface area contributed by atoms with E-state index in [4.69, 9.17) is 9.72 Å². The normalized spacial score (nSPS) is 12.0. The first-order valence-electron chi connectivity index (χ1n) is 36.1. The maximum atomic E-state index is 7.15. The van der Waals surface area contributed by atoms with Gasteiger partial charge in [-0.25, -0.2) is 4.98 Å². The van der Waals surface area contributed by atoms with Crippen LogP contribution in [0.4, 0.5) is 0 Å². The number of hydrogen-bond acceptors (Lipinski definition) is 2. The molecule has 0 amide bonds. The molecule has 0 atom stereocenters. The molecule has 0 aliphatic heterocycles. The molecular weight excluding hydrogens is 1270 g/mol. The maximum absolute atomic E-state index is 7.15. The van der Waals surface area contributed by atoms with Crippen LogP contribution in [-0.2, 0) is 5.41 Å². The summed E-state index contributed by atoms with van der Waals surface area (Å²) in [6.45, 7) is 6.76. The van der Waals surface area contributed by atoms with Gasteiger partial charge in [-0.2, -0.15) is 0 Å². The average molecular weight is 1340 g/mol. The number of para-hydroxylation sites is 1. The van der Waals surface area contributed by atoms with Crippen LogP contribution in [0.2, 0.25) is 0 Å². The van der Waals surface area contributed by atoms with E-state index in [-0.39, 0.29) is 5.41 Å². The van der Waals surface area contributed by atoms with Gasteiger partial charge in [0.05, 0.1) is 33.4 Å². The van der Waals surface area contributed by atoms with Crippen LogP contribution in [0.1, 0.15) is 26.3 Å². The zero-order chi connectivity index (χ0) is 69.9. The molecule has 0 radical (unpaired) electrons. The number of rotatable bonds is 9. The van der Waals surface area contributed by atoms with Crippen molar-refractivity contribution in [2.45, 2.75) is 26.2 Å². The Morgan fingerprint density at radius 2 is 0.724 bits per heavy atom. The molecule has 0 spiro atoms. The summed E-state index contributed by atoms with van der Waals surface area (Å²) in [6.07, 6.45) is 6.05. The van der Waals surface area contributed by atoms with Crippen molar-refractivity contribution >= 4 is 32.8 Å². The van der Waals surface area contributed by atoms with Gasteiger partial charge in [-0.15, -0.1) is 0 Å². The molecule has 105 heavy (non-hydrogen) atoms. The Bertz CT molecular complexity index is 6330. The van der Waals surface area contributed by atoms with Crippen molar-refractivity contribution in [3.05, 3.63) is 370 Å². The SMILES string of the molecule is CC(C)(C)c1ccnc(-n2c3ccc(-c4ccccc4)cc3c3ccc(Oc4cccc(-n5[c-][n+](-c6c(-c7ccc8c(c7)-c7ccccc7-c7ccccc7-c7ccccc7-8)cccc6-c6ccc7c(c6)-c6ccccc6-c6ccccc6-c6ccccc6-7)c6ccc(-c7ccccc7)cc65)c4)cc32)c1. The van der Waals surface area contributed by atoms with Crippen molar-refractivity contribution in [3.8, 4) is 162 Å². The van der Waals surface area contributed by atoms with E-state index in [1.807, 2.05) is 6.20 Å².